The van der Waals surface area contributed by atoms with Crippen molar-refractivity contribution in [3.63, 3.8) is 0 Å². The molecule has 1 aliphatic rings. The van der Waals surface area contributed by atoms with Crippen molar-refractivity contribution in [1.29, 1.82) is 0 Å². The highest BCUT2D eigenvalue weighted by Crippen LogP contribution is 2.21. The van der Waals surface area contributed by atoms with Gasteiger partial charge in [-0.1, -0.05) is 75.1 Å². The molecule has 0 unspecified atom stereocenters. The summed E-state index contributed by atoms with van der Waals surface area (Å²) in [6.07, 6.45) is 11.5. The summed E-state index contributed by atoms with van der Waals surface area (Å²) in [4.78, 5) is 0. The van der Waals surface area contributed by atoms with Crippen LogP contribution in [0.5, 0.6) is 0 Å². The molecule has 26 heavy (non-hydrogen) atoms. The lowest BCUT2D eigenvalue weighted by atomic mass is 9.97. The molecule has 1 aromatic carbocycles. The molecule has 1 saturated heterocycles. The van der Waals surface area contributed by atoms with Gasteiger partial charge in [-0.05, 0) is 18.4 Å². The van der Waals surface area contributed by atoms with Crippen molar-refractivity contribution in [2.75, 3.05) is 13.7 Å². The number of nitrogens with two attached hydrogens (primary N) is 1. The first kappa shape index (κ1) is 21.1. The lowest BCUT2D eigenvalue weighted by Crippen LogP contribution is -2.58. The molecule has 0 amide bonds. The normalized spacial score (nSPS) is 26.4. The molecule has 2 rings (SSSR count). The van der Waals surface area contributed by atoms with E-state index >= 15 is 0 Å². The molecular formula is C22H35NO3. The van der Waals surface area contributed by atoms with Crippen molar-refractivity contribution < 1.29 is 14.2 Å². The van der Waals surface area contributed by atoms with E-state index in [0.29, 0.717) is 13.2 Å². The summed E-state index contributed by atoms with van der Waals surface area (Å²) in [5, 5.41) is 0. The zero-order valence-corrected chi connectivity index (χ0v) is 16.3. The van der Waals surface area contributed by atoms with Crippen LogP contribution < -0.4 is 5.73 Å². The van der Waals surface area contributed by atoms with Crippen molar-refractivity contribution in [3.05, 3.63) is 48.0 Å². The third-order valence-electron chi connectivity index (χ3n) is 4.96. The second-order valence-corrected chi connectivity index (χ2v) is 7.04. The van der Waals surface area contributed by atoms with Crippen LogP contribution in [-0.4, -0.2) is 38.1 Å². The molecule has 0 radical (unpaired) electrons. The Balaban J connectivity index is 1.76. The highest BCUT2D eigenvalue weighted by atomic mass is 16.6. The van der Waals surface area contributed by atoms with E-state index in [2.05, 4.69) is 31.2 Å². The maximum atomic E-state index is 6.39. The van der Waals surface area contributed by atoms with Crippen LogP contribution in [0.3, 0.4) is 0 Å². The Morgan fingerprint density at radius 2 is 1.92 bits per heavy atom. The van der Waals surface area contributed by atoms with Crippen LogP contribution >= 0.6 is 0 Å². The van der Waals surface area contributed by atoms with Crippen molar-refractivity contribution in [1.82, 2.24) is 0 Å². The van der Waals surface area contributed by atoms with Gasteiger partial charge in [-0.25, -0.2) is 0 Å². The summed E-state index contributed by atoms with van der Waals surface area (Å²) in [6, 6.07) is 9.92. The fraction of sp³-hybridized carbons (Fsp3) is 0.636. The Kier molecular flexibility index (Phi) is 9.93. The van der Waals surface area contributed by atoms with E-state index in [0.717, 1.165) is 12.0 Å². The second kappa shape index (κ2) is 12.2. The van der Waals surface area contributed by atoms with Crippen LogP contribution in [0.1, 0.15) is 51.0 Å². The zero-order chi connectivity index (χ0) is 18.6. The van der Waals surface area contributed by atoms with E-state index in [1.807, 2.05) is 18.2 Å². The minimum absolute atomic E-state index is 0.104. The number of allylic oxidation sites excluding steroid dienone is 1. The van der Waals surface area contributed by atoms with E-state index in [1.165, 1.54) is 32.1 Å². The minimum Gasteiger partial charge on any atom is -0.377 e. The molecule has 1 heterocycles. The lowest BCUT2D eigenvalue weighted by Gasteiger charge is -2.39. The summed E-state index contributed by atoms with van der Waals surface area (Å²) in [6.45, 7) is 3.29. The first-order chi connectivity index (χ1) is 12.8. The summed E-state index contributed by atoms with van der Waals surface area (Å²) in [5.41, 5.74) is 7.53. The molecule has 4 nitrogen and oxygen atoms in total. The summed E-state index contributed by atoms with van der Waals surface area (Å²) < 4.78 is 17.6. The molecule has 0 saturated carbocycles. The van der Waals surface area contributed by atoms with Gasteiger partial charge in [0.1, 0.15) is 12.2 Å². The third kappa shape index (κ3) is 6.84. The average molecular weight is 362 g/mol. The molecule has 0 bridgehead atoms. The summed E-state index contributed by atoms with van der Waals surface area (Å²) in [5.74, 6) is 0. The number of methoxy groups -OCH3 is 1. The first-order valence-corrected chi connectivity index (χ1v) is 9.98. The predicted octanol–water partition coefficient (Wildman–Crippen LogP) is 4.23. The number of hydrogen-bond acceptors (Lipinski definition) is 4. The Bertz CT molecular complexity index is 505. The van der Waals surface area contributed by atoms with Gasteiger partial charge in [0.2, 0.25) is 0 Å². The monoisotopic (exact) mass is 361 g/mol. The predicted molar refractivity (Wildman–Crippen MR) is 106 cm³/mol. The van der Waals surface area contributed by atoms with E-state index in [9.17, 15) is 0 Å². The highest BCUT2D eigenvalue weighted by molar-refractivity contribution is 5.13. The highest BCUT2D eigenvalue weighted by Gasteiger charge is 2.38. The van der Waals surface area contributed by atoms with Gasteiger partial charge in [0.25, 0.3) is 0 Å². The largest absolute Gasteiger partial charge is 0.377 e. The Morgan fingerprint density at radius 1 is 1.15 bits per heavy atom. The Morgan fingerprint density at radius 3 is 2.65 bits per heavy atom. The van der Waals surface area contributed by atoms with Crippen molar-refractivity contribution >= 4 is 0 Å². The fourth-order valence-corrected chi connectivity index (χ4v) is 3.36. The number of unbranched alkanes of at least 4 members (excludes halogenated alkanes) is 5. The van der Waals surface area contributed by atoms with E-state index in [-0.39, 0.29) is 24.4 Å². The molecule has 1 aliphatic heterocycles. The van der Waals surface area contributed by atoms with Gasteiger partial charge in [0.05, 0.1) is 25.4 Å². The lowest BCUT2D eigenvalue weighted by molar-refractivity contribution is -0.158. The smallest absolute Gasteiger partial charge is 0.109 e. The van der Waals surface area contributed by atoms with Gasteiger partial charge >= 0.3 is 0 Å². The maximum Gasteiger partial charge on any atom is 0.109 e. The number of rotatable bonds is 11. The molecule has 4 heteroatoms. The van der Waals surface area contributed by atoms with Gasteiger partial charge in [0, 0.05) is 7.11 Å². The fourth-order valence-electron chi connectivity index (χ4n) is 3.36. The Hall–Kier alpha value is -1.20. The molecule has 2 N–H and O–H groups in total. The zero-order valence-electron chi connectivity index (χ0n) is 16.3. The molecular weight excluding hydrogens is 326 g/mol. The van der Waals surface area contributed by atoms with Gasteiger partial charge < -0.3 is 19.9 Å². The number of hydrogen-bond donors (Lipinski definition) is 1. The molecule has 0 aliphatic carbocycles. The average Bonchev–Trinajstić information content (AvgIpc) is 2.67. The van der Waals surface area contributed by atoms with Crippen LogP contribution in [0.2, 0.25) is 0 Å². The molecule has 0 aromatic heterocycles. The van der Waals surface area contributed by atoms with E-state index in [4.69, 9.17) is 19.9 Å². The number of benzene rings is 1. The van der Waals surface area contributed by atoms with Crippen molar-refractivity contribution in [2.24, 2.45) is 5.73 Å². The van der Waals surface area contributed by atoms with Crippen LogP contribution in [0.25, 0.3) is 0 Å². The van der Waals surface area contributed by atoms with Gasteiger partial charge in [-0.2, -0.15) is 0 Å². The first-order valence-electron chi connectivity index (χ1n) is 9.98. The van der Waals surface area contributed by atoms with Crippen molar-refractivity contribution in [2.45, 2.75) is 76.4 Å². The standard InChI is InChI=1S/C22H35NO3/c1-3-4-5-6-7-8-12-15-19-21(23)22(24-2)20(17-26-19)25-16-18-13-10-9-11-14-18/h9-15,19-22H,3-8,16-17,23H2,1-2H3/t19-,20+,21+,22-/m0/s1. The van der Waals surface area contributed by atoms with E-state index in [1.54, 1.807) is 7.11 Å². The SMILES string of the molecule is CCCCCCCC=C[C@@H]1OC[C@@H](OCc2ccccc2)[C@H](OC)[C@@H]1N. The van der Waals surface area contributed by atoms with Crippen LogP contribution in [-0.2, 0) is 20.8 Å². The van der Waals surface area contributed by atoms with Crippen LogP contribution in [0, 0.1) is 0 Å². The maximum absolute atomic E-state index is 6.39. The van der Waals surface area contributed by atoms with Crippen LogP contribution in [0.15, 0.2) is 42.5 Å². The van der Waals surface area contributed by atoms with Crippen molar-refractivity contribution in [3.8, 4) is 0 Å². The summed E-state index contributed by atoms with van der Waals surface area (Å²) >= 11 is 0. The topological polar surface area (TPSA) is 53.7 Å². The molecule has 146 valence electrons. The van der Waals surface area contributed by atoms with E-state index < -0.39 is 0 Å². The van der Waals surface area contributed by atoms with Crippen LogP contribution in [0.4, 0.5) is 0 Å². The molecule has 1 fully saturated rings. The third-order valence-corrected chi connectivity index (χ3v) is 4.96. The van der Waals surface area contributed by atoms with Gasteiger partial charge in [0.15, 0.2) is 0 Å². The number of ether oxygens (including phenoxy) is 3. The second-order valence-electron chi connectivity index (χ2n) is 7.04. The molecule has 1 aromatic rings. The molecule has 0 spiro atoms. The molecule has 4 atom stereocenters. The van der Waals surface area contributed by atoms with Gasteiger partial charge in [-0.3, -0.25) is 0 Å². The minimum atomic E-state index is -0.217. The summed E-state index contributed by atoms with van der Waals surface area (Å²) in [7, 11) is 1.70. The van der Waals surface area contributed by atoms with Gasteiger partial charge in [-0.15, -0.1) is 0 Å². The Labute approximate surface area is 158 Å². The quantitative estimate of drug-likeness (QED) is 0.473.